The molecule has 0 aliphatic carbocycles. The molecule has 17 heavy (non-hydrogen) atoms. The van der Waals surface area contributed by atoms with E-state index in [9.17, 15) is 0 Å². The number of rotatable bonds is 5. The van der Waals surface area contributed by atoms with Crippen molar-refractivity contribution >= 4 is 16.9 Å². The molecule has 0 saturated carbocycles. The predicted molar refractivity (Wildman–Crippen MR) is 68.6 cm³/mol. The van der Waals surface area contributed by atoms with Crippen LogP contribution in [0.5, 0.6) is 0 Å². The molecule has 0 unspecified atom stereocenters. The average molecular weight is 233 g/mol. The molecule has 0 bridgehead atoms. The van der Waals surface area contributed by atoms with Gasteiger partial charge in [-0.2, -0.15) is 5.10 Å². The first-order valence-electron chi connectivity index (χ1n) is 6.16. The van der Waals surface area contributed by atoms with E-state index in [1.165, 1.54) is 25.6 Å². The lowest BCUT2D eigenvalue weighted by atomic mass is 10.1. The summed E-state index contributed by atoms with van der Waals surface area (Å²) in [5.74, 6) is 0.536. The van der Waals surface area contributed by atoms with Gasteiger partial charge in [0.15, 0.2) is 5.65 Å². The highest BCUT2D eigenvalue weighted by Gasteiger charge is 2.12. The van der Waals surface area contributed by atoms with E-state index in [-0.39, 0.29) is 0 Å². The van der Waals surface area contributed by atoms with Crippen LogP contribution >= 0.6 is 0 Å². The van der Waals surface area contributed by atoms with Gasteiger partial charge in [-0.25, -0.2) is 9.97 Å². The highest BCUT2D eigenvalue weighted by Crippen LogP contribution is 2.22. The molecule has 2 aromatic heterocycles. The van der Waals surface area contributed by atoms with Crippen LogP contribution in [-0.2, 0) is 13.5 Å². The van der Waals surface area contributed by atoms with Crippen molar-refractivity contribution in [3.05, 3.63) is 12.0 Å². The summed E-state index contributed by atoms with van der Waals surface area (Å²) in [4.78, 5) is 8.26. The number of nitrogens with zero attached hydrogens (tertiary/aromatic N) is 4. The van der Waals surface area contributed by atoms with Crippen LogP contribution in [0.15, 0.2) is 6.33 Å². The molecule has 0 aromatic carbocycles. The molecule has 0 fully saturated rings. The van der Waals surface area contributed by atoms with Gasteiger partial charge in [0, 0.05) is 7.05 Å². The number of unbranched alkanes of at least 4 members (excludes halogenated alkanes) is 3. The first-order chi connectivity index (χ1) is 8.24. The molecule has 5 heteroatoms. The largest absolute Gasteiger partial charge is 0.383 e. The minimum atomic E-state index is 0.536. The second kappa shape index (κ2) is 5.12. The van der Waals surface area contributed by atoms with Gasteiger partial charge in [0.05, 0.1) is 11.1 Å². The Balaban J connectivity index is 2.22. The molecule has 5 nitrogen and oxygen atoms in total. The summed E-state index contributed by atoms with van der Waals surface area (Å²) in [7, 11) is 1.89. The van der Waals surface area contributed by atoms with Gasteiger partial charge < -0.3 is 5.73 Å². The SMILES string of the molecule is CCCCCCc1nn(C)c2ncnc(N)c12. The van der Waals surface area contributed by atoms with Crippen molar-refractivity contribution in [3.63, 3.8) is 0 Å². The molecule has 0 spiro atoms. The van der Waals surface area contributed by atoms with Gasteiger partial charge in [0.1, 0.15) is 12.1 Å². The zero-order valence-electron chi connectivity index (χ0n) is 10.5. The van der Waals surface area contributed by atoms with Crippen LogP contribution in [0.3, 0.4) is 0 Å². The molecule has 0 saturated heterocycles. The molecule has 0 aliphatic rings. The lowest BCUT2D eigenvalue weighted by Gasteiger charge is -1.99. The predicted octanol–water partition coefficient (Wildman–Crippen LogP) is 2.07. The Kier molecular flexibility index (Phi) is 3.56. The van der Waals surface area contributed by atoms with Gasteiger partial charge in [-0.3, -0.25) is 4.68 Å². The fourth-order valence-corrected chi connectivity index (χ4v) is 2.08. The molecule has 2 N–H and O–H groups in total. The van der Waals surface area contributed by atoms with E-state index in [4.69, 9.17) is 5.73 Å². The molecule has 92 valence electrons. The summed E-state index contributed by atoms with van der Waals surface area (Å²) in [6.45, 7) is 2.21. The monoisotopic (exact) mass is 233 g/mol. The molecular formula is C12H19N5. The quantitative estimate of drug-likeness (QED) is 0.803. The summed E-state index contributed by atoms with van der Waals surface area (Å²) >= 11 is 0. The van der Waals surface area contributed by atoms with Gasteiger partial charge in [0.2, 0.25) is 0 Å². The van der Waals surface area contributed by atoms with Crippen LogP contribution < -0.4 is 5.73 Å². The summed E-state index contributed by atoms with van der Waals surface area (Å²) in [5.41, 5.74) is 7.74. The smallest absolute Gasteiger partial charge is 0.163 e. The van der Waals surface area contributed by atoms with E-state index >= 15 is 0 Å². The Labute approximate surface area is 101 Å². The molecule has 0 aliphatic heterocycles. The number of aromatic nitrogens is 4. The fourth-order valence-electron chi connectivity index (χ4n) is 2.08. The fraction of sp³-hybridized carbons (Fsp3) is 0.583. The molecule has 2 heterocycles. The topological polar surface area (TPSA) is 69.6 Å². The Morgan fingerprint density at radius 2 is 2.06 bits per heavy atom. The lowest BCUT2D eigenvalue weighted by molar-refractivity contribution is 0.652. The summed E-state index contributed by atoms with van der Waals surface area (Å²) in [6, 6.07) is 0. The number of hydrogen-bond donors (Lipinski definition) is 1. The van der Waals surface area contributed by atoms with Crippen molar-refractivity contribution < 1.29 is 0 Å². The average Bonchev–Trinajstić information content (AvgIpc) is 2.64. The van der Waals surface area contributed by atoms with Crippen molar-refractivity contribution in [2.24, 2.45) is 7.05 Å². The lowest BCUT2D eigenvalue weighted by Crippen LogP contribution is -1.95. The van der Waals surface area contributed by atoms with Crippen molar-refractivity contribution in [2.45, 2.75) is 39.0 Å². The standard InChI is InChI=1S/C12H19N5/c1-3-4-5-6-7-9-10-11(13)14-8-15-12(10)17(2)16-9/h8H,3-7H2,1-2H3,(H2,13,14,15). The number of fused-ring (bicyclic) bond motifs is 1. The van der Waals surface area contributed by atoms with Gasteiger partial charge in [0.25, 0.3) is 0 Å². The van der Waals surface area contributed by atoms with Crippen LogP contribution in [0, 0.1) is 0 Å². The third-order valence-corrected chi connectivity index (χ3v) is 2.99. The van der Waals surface area contributed by atoms with Gasteiger partial charge >= 0.3 is 0 Å². The molecule has 0 radical (unpaired) electrons. The van der Waals surface area contributed by atoms with E-state index in [1.54, 1.807) is 4.68 Å². The molecule has 2 rings (SSSR count). The van der Waals surface area contributed by atoms with Gasteiger partial charge in [-0.15, -0.1) is 0 Å². The third-order valence-electron chi connectivity index (χ3n) is 2.99. The van der Waals surface area contributed by atoms with Crippen LogP contribution in [0.25, 0.3) is 11.0 Å². The maximum absolute atomic E-state index is 5.90. The van der Waals surface area contributed by atoms with E-state index in [0.717, 1.165) is 29.6 Å². The zero-order chi connectivity index (χ0) is 12.3. The molecular weight excluding hydrogens is 214 g/mol. The van der Waals surface area contributed by atoms with Crippen LogP contribution in [0.4, 0.5) is 5.82 Å². The van der Waals surface area contributed by atoms with Crippen molar-refractivity contribution in [1.29, 1.82) is 0 Å². The number of nitrogens with two attached hydrogens (primary N) is 1. The van der Waals surface area contributed by atoms with Gasteiger partial charge in [-0.05, 0) is 12.8 Å². The van der Waals surface area contributed by atoms with Crippen LogP contribution in [-0.4, -0.2) is 19.7 Å². The number of nitrogen functional groups attached to an aromatic ring is 1. The highest BCUT2D eigenvalue weighted by atomic mass is 15.3. The highest BCUT2D eigenvalue weighted by molar-refractivity contribution is 5.88. The maximum Gasteiger partial charge on any atom is 0.163 e. The number of anilines is 1. The second-order valence-corrected chi connectivity index (χ2v) is 4.34. The van der Waals surface area contributed by atoms with Crippen LogP contribution in [0.2, 0.25) is 0 Å². The Morgan fingerprint density at radius 3 is 2.82 bits per heavy atom. The summed E-state index contributed by atoms with van der Waals surface area (Å²) in [5, 5.41) is 5.41. The maximum atomic E-state index is 5.90. The van der Waals surface area contributed by atoms with Gasteiger partial charge in [-0.1, -0.05) is 26.2 Å². The van der Waals surface area contributed by atoms with Crippen molar-refractivity contribution in [3.8, 4) is 0 Å². The van der Waals surface area contributed by atoms with Crippen molar-refractivity contribution in [2.75, 3.05) is 5.73 Å². The zero-order valence-corrected chi connectivity index (χ0v) is 10.5. The first-order valence-corrected chi connectivity index (χ1v) is 6.16. The second-order valence-electron chi connectivity index (χ2n) is 4.34. The van der Waals surface area contributed by atoms with E-state index in [1.807, 2.05) is 7.05 Å². The van der Waals surface area contributed by atoms with E-state index in [2.05, 4.69) is 22.0 Å². The summed E-state index contributed by atoms with van der Waals surface area (Å²) in [6.07, 6.45) is 7.34. The molecule has 0 atom stereocenters. The number of aryl methyl sites for hydroxylation is 2. The first kappa shape index (κ1) is 11.8. The van der Waals surface area contributed by atoms with Crippen LogP contribution in [0.1, 0.15) is 38.3 Å². The Hall–Kier alpha value is -1.65. The summed E-state index contributed by atoms with van der Waals surface area (Å²) < 4.78 is 1.78. The van der Waals surface area contributed by atoms with E-state index in [0.29, 0.717) is 5.82 Å². The molecule has 0 amide bonds. The third kappa shape index (κ3) is 2.38. The normalized spacial score (nSPS) is 11.2. The van der Waals surface area contributed by atoms with Crippen molar-refractivity contribution in [1.82, 2.24) is 19.7 Å². The molecule has 2 aromatic rings. The Bertz CT molecular complexity index is 503. The minimum absolute atomic E-state index is 0.536. The van der Waals surface area contributed by atoms with E-state index < -0.39 is 0 Å². The Morgan fingerprint density at radius 1 is 1.24 bits per heavy atom. The number of hydrogen-bond acceptors (Lipinski definition) is 4. The minimum Gasteiger partial charge on any atom is -0.383 e.